The Kier molecular flexibility index (Phi) is 8.77. The fraction of sp³-hybridized carbons (Fsp3) is 0.444. The molecular formula is C27H34N4O2S. The van der Waals surface area contributed by atoms with Gasteiger partial charge in [-0.2, -0.15) is 16.7 Å². The zero-order valence-electron chi connectivity index (χ0n) is 20.1. The van der Waals surface area contributed by atoms with Crippen molar-refractivity contribution in [3.63, 3.8) is 0 Å². The van der Waals surface area contributed by atoms with E-state index in [-0.39, 0.29) is 11.8 Å². The van der Waals surface area contributed by atoms with Gasteiger partial charge < -0.3 is 9.84 Å². The fourth-order valence-corrected chi connectivity index (χ4v) is 5.23. The normalized spacial score (nSPS) is 14.9. The smallest absolute Gasteiger partial charge is 0.241 e. The van der Waals surface area contributed by atoms with Gasteiger partial charge in [-0.15, -0.1) is 0 Å². The molecule has 0 spiro atoms. The monoisotopic (exact) mass is 478 g/mol. The van der Waals surface area contributed by atoms with Gasteiger partial charge in [-0.25, -0.2) is 0 Å². The Hall–Kier alpha value is -2.64. The summed E-state index contributed by atoms with van der Waals surface area (Å²) < 4.78 is 5.49. The van der Waals surface area contributed by atoms with E-state index in [1.54, 1.807) is 0 Å². The minimum Gasteiger partial charge on any atom is -0.356 e. The van der Waals surface area contributed by atoms with Gasteiger partial charge in [0, 0.05) is 23.8 Å². The zero-order valence-corrected chi connectivity index (χ0v) is 20.9. The van der Waals surface area contributed by atoms with E-state index in [1.807, 2.05) is 43.0 Å². The van der Waals surface area contributed by atoms with Crippen molar-refractivity contribution in [3.05, 3.63) is 71.1 Å². The molecule has 1 aromatic heterocycles. The van der Waals surface area contributed by atoms with Gasteiger partial charge in [0.25, 0.3) is 0 Å². The summed E-state index contributed by atoms with van der Waals surface area (Å²) in [5.74, 6) is 3.65. The van der Waals surface area contributed by atoms with Crippen molar-refractivity contribution < 1.29 is 9.32 Å². The Labute approximate surface area is 206 Å². The highest BCUT2D eigenvalue weighted by Gasteiger charge is 2.25. The highest BCUT2D eigenvalue weighted by Crippen LogP contribution is 2.22. The average Bonchev–Trinajstić information content (AvgIpc) is 3.30. The van der Waals surface area contributed by atoms with E-state index < -0.39 is 0 Å². The minimum atomic E-state index is 0.0985. The number of nitrogens with zero attached hydrogens (tertiary/aromatic N) is 3. The second kappa shape index (κ2) is 12.2. The van der Waals surface area contributed by atoms with Gasteiger partial charge >= 0.3 is 0 Å². The summed E-state index contributed by atoms with van der Waals surface area (Å²) in [4.78, 5) is 19.4. The highest BCUT2D eigenvalue weighted by atomic mass is 32.2. The maximum atomic E-state index is 12.6. The second-order valence-corrected chi connectivity index (χ2v) is 10.2. The number of amides is 1. The zero-order chi connectivity index (χ0) is 23.8. The van der Waals surface area contributed by atoms with Crippen LogP contribution in [0.15, 0.2) is 53.1 Å². The first kappa shape index (κ1) is 24.5. The first-order valence-electron chi connectivity index (χ1n) is 12.1. The molecule has 4 rings (SSSR count). The van der Waals surface area contributed by atoms with Crippen LogP contribution in [0.25, 0.3) is 11.4 Å². The third kappa shape index (κ3) is 6.93. The van der Waals surface area contributed by atoms with Crippen LogP contribution in [0.2, 0.25) is 0 Å². The van der Waals surface area contributed by atoms with Crippen molar-refractivity contribution >= 4 is 17.7 Å². The van der Waals surface area contributed by atoms with Crippen molar-refractivity contribution in [2.24, 2.45) is 5.92 Å². The number of aromatic nitrogens is 2. The summed E-state index contributed by atoms with van der Waals surface area (Å²) in [5, 5.41) is 7.29. The van der Waals surface area contributed by atoms with Crippen molar-refractivity contribution in [1.29, 1.82) is 0 Å². The SMILES string of the molecule is Cc1cccc(CSCCCNC(=O)C2CCN(Cc3nc(-c4ccccc4C)no3)CC2)c1. The molecule has 1 amide bonds. The topological polar surface area (TPSA) is 71.3 Å². The van der Waals surface area contributed by atoms with Crippen molar-refractivity contribution in [2.75, 3.05) is 25.4 Å². The van der Waals surface area contributed by atoms with Crippen molar-refractivity contribution in [1.82, 2.24) is 20.4 Å². The number of hydrogen-bond donors (Lipinski definition) is 1. The molecule has 0 saturated carbocycles. The predicted octanol–water partition coefficient (Wildman–Crippen LogP) is 5.01. The van der Waals surface area contributed by atoms with Crippen LogP contribution in [0.3, 0.4) is 0 Å². The highest BCUT2D eigenvalue weighted by molar-refractivity contribution is 7.98. The van der Waals surface area contributed by atoms with Gasteiger partial charge in [-0.3, -0.25) is 9.69 Å². The maximum absolute atomic E-state index is 12.6. The minimum absolute atomic E-state index is 0.0985. The molecule has 0 aliphatic carbocycles. The molecule has 34 heavy (non-hydrogen) atoms. The molecule has 1 fully saturated rings. The van der Waals surface area contributed by atoms with Crippen LogP contribution in [-0.4, -0.2) is 46.3 Å². The molecule has 0 bridgehead atoms. The Balaban J connectivity index is 1.12. The predicted molar refractivity (Wildman–Crippen MR) is 137 cm³/mol. The van der Waals surface area contributed by atoms with Crippen LogP contribution >= 0.6 is 11.8 Å². The summed E-state index contributed by atoms with van der Waals surface area (Å²) in [6, 6.07) is 16.7. The van der Waals surface area contributed by atoms with Crippen LogP contribution in [0, 0.1) is 19.8 Å². The summed E-state index contributed by atoms with van der Waals surface area (Å²) in [6.07, 6.45) is 2.74. The van der Waals surface area contributed by atoms with Crippen molar-refractivity contribution in [3.8, 4) is 11.4 Å². The van der Waals surface area contributed by atoms with E-state index in [9.17, 15) is 4.79 Å². The Bertz CT molecular complexity index is 1080. The quantitative estimate of drug-likeness (QED) is 0.413. The summed E-state index contributed by atoms with van der Waals surface area (Å²) in [5.41, 5.74) is 4.81. The van der Waals surface area contributed by atoms with Crippen LogP contribution in [-0.2, 0) is 17.1 Å². The molecule has 1 N–H and O–H groups in total. The Morgan fingerprint density at radius 1 is 1.15 bits per heavy atom. The Morgan fingerprint density at radius 2 is 1.97 bits per heavy atom. The number of aryl methyl sites for hydroxylation is 2. The number of thioether (sulfide) groups is 1. The molecule has 1 saturated heterocycles. The van der Waals surface area contributed by atoms with E-state index in [4.69, 9.17) is 4.52 Å². The number of likely N-dealkylation sites (tertiary alicyclic amines) is 1. The molecule has 7 heteroatoms. The van der Waals surface area contributed by atoms with Crippen LogP contribution in [0.1, 0.15) is 41.8 Å². The molecule has 3 aromatic rings. The van der Waals surface area contributed by atoms with Gasteiger partial charge in [0.05, 0.1) is 6.54 Å². The molecule has 0 radical (unpaired) electrons. The average molecular weight is 479 g/mol. The molecule has 180 valence electrons. The van der Waals surface area contributed by atoms with Gasteiger partial charge in [-0.05, 0) is 63.1 Å². The molecule has 2 heterocycles. The standard InChI is InChI=1S/C27H34N4O2S/c1-20-7-5-9-22(17-20)19-34-16-6-13-28-27(32)23-11-14-31(15-12-23)18-25-29-26(30-33-25)24-10-4-3-8-21(24)2/h3-5,7-10,17,23H,6,11-16,18-19H2,1-2H3,(H,28,32). The first-order valence-corrected chi connectivity index (χ1v) is 13.3. The van der Waals surface area contributed by atoms with E-state index in [0.717, 1.165) is 61.5 Å². The van der Waals surface area contributed by atoms with Gasteiger partial charge in [0.15, 0.2) is 0 Å². The molecule has 6 nitrogen and oxygen atoms in total. The lowest BCUT2D eigenvalue weighted by atomic mass is 9.96. The number of benzene rings is 2. The fourth-order valence-electron chi connectivity index (χ4n) is 4.32. The molecule has 1 aliphatic rings. The summed E-state index contributed by atoms with van der Waals surface area (Å²) >= 11 is 1.93. The lowest BCUT2D eigenvalue weighted by molar-refractivity contribution is -0.126. The van der Waals surface area contributed by atoms with Gasteiger partial charge in [0.1, 0.15) is 0 Å². The third-order valence-corrected chi connectivity index (χ3v) is 7.40. The third-order valence-electron chi connectivity index (χ3n) is 6.29. The second-order valence-electron chi connectivity index (χ2n) is 9.06. The lowest BCUT2D eigenvalue weighted by Gasteiger charge is -2.30. The van der Waals surface area contributed by atoms with E-state index in [1.165, 1.54) is 11.1 Å². The van der Waals surface area contributed by atoms with Crippen LogP contribution < -0.4 is 5.32 Å². The van der Waals surface area contributed by atoms with Crippen LogP contribution in [0.5, 0.6) is 0 Å². The number of rotatable bonds is 10. The van der Waals surface area contributed by atoms with Gasteiger partial charge in [-0.1, -0.05) is 59.3 Å². The lowest BCUT2D eigenvalue weighted by Crippen LogP contribution is -2.40. The first-order chi connectivity index (χ1) is 16.6. The van der Waals surface area contributed by atoms with E-state index >= 15 is 0 Å². The van der Waals surface area contributed by atoms with E-state index in [0.29, 0.717) is 18.3 Å². The molecular weight excluding hydrogens is 444 g/mol. The van der Waals surface area contributed by atoms with Gasteiger partial charge in [0.2, 0.25) is 17.6 Å². The molecule has 0 unspecified atom stereocenters. The molecule has 2 aromatic carbocycles. The maximum Gasteiger partial charge on any atom is 0.241 e. The molecule has 1 aliphatic heterocycles. The molecule has 0 atom stereocenters. The van der Waals surface area contributed by atoms with Crippen LogP contribution in [0.4, 0.5) is 0 Å². The number of carbonyl (C=O) groups is 1. The Morgan fingerprint density at radius 3 is 2.76 bits per heavy atom. The van der Waals surface area contributed by atoms with E-state index in [2.05, 4.69) is 51.5 Å². The van der Waals surface area contributed by atoms with Crippen molar-refractivity contribution in [2.45, 2.75) is 45.4 Å². The number of hydrogen-bond acceptors (Lipinski definition) is 6. The summed E-state index contributed by atoms with van der Waals surface area (Å²) in [7, 11) is 0. The number of nitrogens with one attached hydrogen (secondary N) is 1. The summed E-state index contributed by atoms with van der Waals surface area (Å²) in [6.45, 7) is 7.29. The number of piperidine rings is 1. The number of carbonyl (C=O) groups excluding carboxylic acids is 1. The largest absolute Gasteiger partial charge is 0.356 e.